The molecule has 0 amide bonds. The van der Waals surface area contributed by atoms with E-state index in [-0.39, 0.29) is 5.41 Å². The van der Waals surface area contributed by atoms with Crippen molar-refractivity contribution in [2.75, 3.05) is 7.11 Å². The number of hydrogen-bond acceptors (Lipinski definition) is 2. The highest BCUT2D eigenvalue weighted by atomic mass is 16.6. The fourth-order valence-electron chi connectivity index (χ4n) is 4.73. The fraction of sp³-hybridized carbons (Fsp3) is 1.00. The normalized spacial score (nSPS) is 52.3. The van der Waals surface area contributed by atoms with E-state index in [1.165, 1.54) is 38.5 Å². The molecule has 80 valence electrons. The molecule has 1 N–H and O–H groups in total. The van der Waals surface area contributed by atoms with Gasteiger partial charge in [0.25, 0.3) is 0 Å². The molecule has 2 nitrogen and oxygen atoms in total. The summed E-state index contributed by atoms with van der Waals surface area (Å²) in [5, 5.41) is 10.0. The predicted molar refractivity (Wildman–Crippen MR) is 53.6 cm³/mol. The molecule has 4 saturated carbocycles. The molecule has 4 aliphatic carbocycles. The van der Waals surface area contributed by atoms with Crippen LogP contribution in [0.5, 0.6) is 0 Å². The molecule has 0 aromatic heterocycles. The second kappa shape index (κ2) is 2.96. The third-order valence-corrected chi connectivity index (χ3v) is 4.83. The van der Waals surface area contributed by atoms with Crippen LogP contribution in [0.2, 0.25) is 0 Å². The number of hydrogen-bond donors (Lipinski definition) is 1. The Labute approximate surface area is 85.6 Å². The molecule has 14 heavy (non-hydrogen) atoms. The number of aliphatic hydroxyl groups excluding tert-OH is 1. The topological polar surface area (TPSA) is 29.5 Å². The highest BCUT2D eigenvalue weighted by Gasteiger charge is 2.54. The van der Waals surface area contributed by atoms with Crippen LogP contribution < -0.4 is 0 Å². The minimum atomic E-state index is -0.504. The molecular formula is C12H20O2. The SMILES string of the molecule is CO[C@@H](O)C12CC3CC(CC(C3)C1)C2. The number of aliphatic hydroxyl groups is 1. The molecule has 0 unspecified atom stereocenters. The summed E-state index contributed by atoms with van der Waals surface area (Å²) in [6, 6.07) is 0. The van der Waals surface area contributed by atoms with Gasteiger partial charge in [0.1, 0.15) is 0 Å². The van der Waals surface area contributed by atoms with Gasteiger partial charge in [-0.05, 0) is 56.3 Å². The van der Waals surface area contributed by atoms with Crippen molar-refractivity contribution in [3.8, 4) is 0 Å². The van der Waals surface area contributed by atoms with Gasteiger partial charge < -0.3 is 9.84 Å². The molecule has 0 spiro atoms. The van der Waals surface area contributed by atoms with Crippen molar-refractivity contribution < 1.29 is 9.84 Å². The lowest BCUT2D eigenvalue weighted by Crippen LogP contribution is -2.52. The van der Waals surface area contributed by atoms with Crippen molar-refractivity contribution in [2.24, 2.45) is 23.2 Å². The molecule has 0 heterocycles. The standard InChI is InChI=1S/C12H20O2/c1-14-11(13)12-5-8-2-9(6-12)4-10(3-8)7-12/h8-11,13H,2-7H2,1H3/t8?,9?,10?,11-,12?/m1/s1. The maximum absolute atomic E-state index is 10.0. The van der Waals surface area contributed by atoms with E-state index in [0.717, 1.165) is 17.8 Å². The van der Waals surface area contributed by atoms with Crippen LogP contribution in [0, 0.1) is 23.2 Å². The first-order valence-electron chi connectivity index (χ1n) is 5.93. The first kappa shape index (κ1) is 9.17. The Hall–Kier alpha value is -0.0800. The van der Waals surface area contributed by atoms with Gasteiger partial charge in [-0.2, -0.15) is 0 Å². The van der Waals surface area contributed by atoms with Crippen molar-refractivity contribution in [1.82, 2.24) is 0 Å². The van der Waals surface area contributed by atoms with Crippen LogP contribution in [0.4, 0.5) is 0 Å². The molecule has 1 atom stereocenters. The van der Waals surface area contributed by atoms with Gasteiger partial charge in [0.15, 0.2) is 6.29 Å². The van der Waals surface area contributed by atoms with E-state index < -0.39 is 6.29 Å². The zero-order valence-corrected chi connectivity index (χ0v) is 8.91. The highest BCUT2D eigenvalue weighted by molar-refractivity contribution is 5.02. The highest BCUT2D eigenvalue weighted by Crippen LogP contribution is 2.61. The van der Waals surface area contributed by atoms with Gasteiger partial charge in [0, 0.05) is 12.5 Å². The van der Waals surface area contributed by atoms with E-state index >= 15 is 0 Å². The van der Waals surface area contributed by atoms with Crippen molar-refractivity contribution in [1.29, 1.82) is 0 Å². The summed E-state index contributed by atoms with van der Waals surface area (Å²) in [6.07, 6.45) is 7.42. The van der Waals surface area contributed by atoms with E-state index in [9.17, 15) is 5.11 Å². The smallest absolute Gasteiger partial charge is 0.159 e. The Balaban J connectivity index is 1.87. The summed E-state index contributed by atoms with van der Waals surface area (Å²) in [5.41, 5.74) is 0.142. The lowest BCUT2D eigenvalue weighted by atomic mass is 9.49. The molecular weight excluding hydrogens is 176 g/mol. The minimum Gasteiger partial charge on any atom is -0.367 e. The van der Waals surface area contributed by atoms with Crippen LogP contribution in [0.15, 0.2) is 0 Å². The summed E-state index contributed by atoms with van der Waals surface area (Å²) >= 11 is 0. The van der Waals surface area contributed by atoms with Crippen molar-refractivity contribution in [3.05, 3.63) is 0 Å². The van der Waals surface area contributed by atoms with E-state index in [4.69, 9.17) is 4.74 Å². The number of rotatable bonds is 2. The lowest BCUT2D eigenvalue weighted by molar-refractivity contribution is -0.216. The van der Waals surface area contributed by atoms with Gasteiger partial charge in [0.05, 0.1) is 0 Å². The van der Waals surface area contributed by atoms with Gasteiger partial charge in [-0.25, -0.2) is 0 Å². The van der Waals surface area contributed by atoms with Crippen molar-refractivity contribution in [2.45, 2.75) is 44.8 Å². The van der Waals surface area contributed by atoms with Crippen LogP contribution in [0.1, 0.15) is 38.5 Å². The van der Waals surface area contributed by atoms with Crippen molar-refractivity contribution >= 4 is 0 Å². The predicted octanol–water partition coefficient (Wildman–Crippen LogP) is 2.17. The molecule has 4 fully saturated rings. The molecule has 0 aromatic rings. The largest absolute Gasteiger partial charge is 0.367 e. The lowest BCUT2D eigenvalue weighted by Gasteiger charge is -2.57. The number of ether oxygens (including phenoxy) is 1. The summed E-state index contributed by atoms with van der Waals surface area (Å²) in [4.78, 5) is 0. The Kier molecular flexibility index (Phi) is 1.94. The van der Waals surface area contributed by atoms with Gasteiger partial charge in [-0.1, -0.05) is 0 Å². The van der Waals surface area contributed by atoms with E-state index in [2.05, 4.69) is 0 Å². The third kappa shape index (κ3) is 1.17. The van der Waals surface area contributed by atoms with Crippen LogP contribution in [-0.4, -0.2) is 18.5 Å². The molecule has 2 heteroatoms. The van der Waals surface area contributed by atoms with Crippen LogP contribution >= 0.6 is 0 Å². The molecule has 4 rings (SSSR count). The van der Waals surface area contributed by atoms with E-state index in [1.807, 2.05) is 0 Å². The van der Waals surface area contributed by atoms with Gasteiger partial charge >= 0.3 is 0 Å². The summed E-state index contributed by atoms with van der Waals surface area (Å²) in [6.45, 7) is 0. The van der Waals surface area contributed by atoms with Gasteiger partial charge in [-0.15, -0.1) is 0 Å². The average molecular weight is 196 g/mol. The average Bonchev–Trinajstić information content (AvgIpc) is 2.14. The van der Waals surface area contributed by atoms with Crippen LogP contribution in [0.25, 0.3) is 0 Å². The van der Waals surface area contributed by atoms with Gasteiger partial charge in [0.2, 0.25) is 0 Å². The summed E-state index contributed by atoms with van der Waals surface area (Å²) < 4.78 is 5.19. The number of methoxy groups -OCH3 is 1. The maximum Gasteiger partial charge on any atom is 0.159 e. The first-order valence-corrected chi connectivity index (χ1v) is 5.93. The van der Waals surface area contributed by atoms with Gasteiger partial charge in [-0.3, -0.25) is 0 Å². The molecule has 0 radical (unpaired) electrons. The molecule has 0 aromatic carbocycles. The minimum absolute atomic E-state index is 0.142. The monoisotopic (exact) mass is 196 g/mol. The van der Waals surface area contributed by atoms with E-state index in [1.54, 1.807) is 7.11 Å². The molecule has 0 aliphatic heterocycles. The fourth-order valence-corrected chi connectivity index (χ4v) is 4.73. The second-order valence-electron chi connectivity index (χ2n) is 5.87. The zero-order valence-electron chi connectivity index (χ0n) is 8.91. The van der Waals surface area contributed by atoms with E-state index in [0.29, 0.717) is 0 Å². The Morgan fingerprint density at radius 1 is 1.07 bits per heavy atom. The van der Waals surface area contributed by atoms with Crippen LogP contribution in [-0.2, 0) is 4.74 Å². The Morgan fingerprint density at radius 2 is 1.50 bits per heavy atom. The molecule has 0 saturated heterocycles. The third-order valence-electron chi connectivity index (χ3n) is 4.83. The Morgan fingerprint density at radius 3 is 1.86 bits per heavy atom. The quantitative estimate of drug-likeness (QED) is 0.686. The Bertz CT molecular complexity index is 201. The molecule has 4 aliphatic rings. The van der Waals surface area contributed by atoms with Crippen LogP contribution in [0.3, 0.4) is 0 Å². The first-order chi connectivity index (χ1) is 6.72. The summed E-state index contributed by atoms with van der Waals surface area (Å²) in [5.74, 6) is 2.68. The van der Waals surface area contributed by atoms with Crippen molar-refractivity contribution in [3.63, 3.8) is 0 Å². The summed E-state index contributed by atoms with van der Waals surface area (Å²) in [7, 11) is 1.64. The zero-order chi connectivity index (χ0) is 9.76. The maximum atomic E-state index is 10.0. The molecule has 4 bridgehead atoms. The second-order valence-corrected chi connectivity index (χ2v) is 5.87.